The van der Waals surface area contributed by atoms with Crippen LogP contribution in [0.3, 0.4) is 0 Å². The molecule has 18 heavy (non-hydrogen) atoms. The molecule has 0 saturated heterocycles. The number of halogens is 1. The fourth-order valence-electron chi connectivity index (χ4n) is 2.28. The van der Waals surface area contributed by atoms with E-state index >= 15 is 0 Å². The summed E-state index contributed by atoms with van der Waals surface area (Å²) in [5.41, 5.74) is -0.0809. The van der Waals surface area contributed by atoms with Gasteiger partial charge in [0.2, 0.25) is 0 Å². The molecule has 1 aromatic heterocycles. The molecule has 1 aliphatic rings. The number of hydrogen-bond acceptors (Lipinski definition) is 4. The third kappa shape index (κ3) is 3.19. The van der Waals surface area contributed by atoms with Crippen LogP contribution in [0.4, 0.5) is 5.69 Å². The Balaban J connectivity index is 2.15. The van der Waals surface area contributed by atoms with Gasteiger partial charge in [0.25, 0.3) is 5.88 Å². The zero-order chi connectivity index (χ0) is 13.1. The molecular weight excluding hydrogens is 300 g/mol. The van der Waals surface area contributed by atoms with Crippen LogP contribution in [0.2, 0.25) is 0 Å². The summed E-state index contributed by atoms with van der Waals surface area (Å²) in [5.74, 6) is 0.737. The highest BCUT2D eigenvalue weighted by Gasteiger charge is 2.25. The maximum atomic E-state index is 10.9. The van der Waals surface area contributed by atoms with Crippen LogP contribution in [0.1, 0.15) is 32.6 Å². The van der Waals surface area contributed by atoms with Crippen molar-refractivity contribution in [2.24, 2.45) is 5.92 Å². The smallest absolute Gasteiger partial charge is 0.332 e. The molecule has 0 aromatic carbocycles. The molecule has 0 spiro atoms. The summed E-state index contributed by atoms with van der Waals surface area (Å²) in [5, 5.41) is 10.9. The van der Waals surface area contributed by atoms with Crippen molar-refractivity contribution in [3.05, 3.63) is 26.9 Å². The van der Waals surface area contributed by atoms with E-state index in [2.05, 4.69) is 27.8 Å². The number of pyridine rings is 1. The number of nitrogens with zero attached hydrogens (tertiary/aromatic N) is 2. The normalized spacial score (nSPS) is 23.7. The molecule has 2 atom stereocenters. The minimum absolute atomic E-state index is 0.0427. The molecule has 2 unspecified atom stereocenters. The van der Waals surface area contributed by atoms with Gasteiger partial charge in [0, 0.05) is 16.7 Å². The molecule has 0 radical (unpaired) electrons. The summed E-state index contributed by atoms with van der Waals surface area (Å²) in [4.78, 5) is 14.5. The Labute approximate surface area is 114 Å². The Morgan fingerprint density at radius 2 is 2.33 bits per heavy atom. The van der Waals surface area contributed by atoms with Crippen LogP contribution < -0.4 is 4.74 Å². The molecule has 1 aliphatic carbocycles. The second kappa shape index (κ2) is 5.65. The lowest BCUT2D eigenvalue weighted by atomic mass is 9.89. The quantitative estimate of drug-likeness (QED) is 0.630. The molecule has 6 heteroatoms. The fourth-order valence-corrected chi connectivity index (χ4v) is 2.60. The molecule has 0 aliphatic heterocycles. The summed E-state index contributed by atoms with van der Waals surface area (Å²) in [6, 6.07) is 1.43. The van der Waals surface area contributed by atoms with Crippen LogP contribution in [-0.2, 0) is 0 Å². The number of rotatable bonds is 3. The molecule has 2 rings (SSSR count). The highest BCUT2D eigenvalue weighted by Crippen LogP contribution is 2.32. The minimum Gasteiger partial charge on any atom is -0.469 e. The molecule has 1 heterocycles. The van der Waals surface area contributed by atoms with Crippen molar-refractivity contribution in [3.8, 4) is 5.88 Å². The molecule has 0 bridgehead atoms. The van der Waals surface area contributed by atoms with Crippen LogP contribution in [0.15, 0.2) is 16.7 Å². The third-order valence-electron chi connectivity index (χ3n) is 3.16. The van der Waals surface area contributed by atoms with E-state index in [4.69, 9.17) is 4.74 Å². The van der Waals surface area contributed by atoms with Crippen LogP contribution in [0.25, 0.3) is 0 Å². The third-order valence-corrected chi connectivity index (χ3v) is 3.60. The molecule has 98 valence electrons. The monoisotopic (exact) mass is 314 g/mol. The standard InChI is InChI=1S/C12H15BrN2O3/c1-8-3-2-4-10(5-8)18-12-11(15(16)17)6-9(13)7-14-12/h6-8,10H,2-5H2,1H3. The highest BCUT2D eigenvalue weighted by molar-refractivity contribution is 9.10. The summed E-state index contributed by atoms with van der Waals surface area (Å²) >= 11 is 3.18. The second-order valence-corrected chi connectivity index (χ2v) is 5.66. The van der Waals surface area contributed by atoms with Gasteiger partial charge >= 0.3 is 5.69 Å². The Hall–Kier alpha value is -1.17. The first-order chi connectivity index (χ1) is 8.56. The minimum atomic E-state index is -0.459. The maximum Gasteiger partial charge on any atom is 0.332 e. The van der Waals surface area contributed by atoms with Gasteiger partial charge in [-0.25, -0.2) is 4.98 Å². The van der Waals surface area contributed by atoms with E-state index in [0.29, 0.717) is 10.4 Å². The van der Waals surface area contributed by atoms with Gasteiger partial charge < -0.3 is 4.74 Å². The topological polar surface area (TPSA) is 65.3 Å². The van der Waals surface area contributed by atoms with Gasteiger partial charge in [0.05, 0.1) is 4.92 Å². The van der Waals surface area contributed by atoms with Gasteiger partial charge in [-0.2, -0.15) is 0 Å². The van der Waals surface area contributed by atoms with E-state index in [0.717, 1.165) is 19.3 Å². The number of hydrogen-bond donors (Lipinski definition) is 0. The van der Waals surface area contributed by atoms with E-state index in [1.165, 1.54) is 18.7 Å². The summed E-state index contributed by atoms with van der Waals surface area (Å²) in [6.45, 7) is 2.18. The van der Waals surface area contributed by atoms with E-state index < -0.39 is 4.92 Å². The lowest BCUT2D eigenvalue weighted by molar-refractivity contribution is -0.386. The van der Waals surface area contributed by atoms with Crippen molar-refractivity contribution >= 4 is 21.6 Å². The predicted molar refractivity (Wildman–Crippen MR) is 70.6 cm³/mol. The SMILES string of the molecule is CC1CCCC(Oc2ncc(Br)cc2[N+](=O)[O-])C1. The lowest BCUT2D eigenvalue weighted by Crippen LogP contribution is -2.24. The van der Waals surface area contributed by atoms with E-state index in [1.54, 1.807) is 0 Å². The van der Waals surface area contributed by atoms with Gasteiger partial charge in [-0.05, 0) is 41.1 Å². The van der Waals surface area contributed by atoms with Crippen molar-refractivity contribution in [2.45, 2.75) is 38.7 Å². The molecule has 1 fully saturated rings. The van der Waals surface area contributed by atoms with Crippen molar-refractivity contribution in [2.75, 3.05) is 0 Å². The summed E-state index contributed by atoms with van der Waals surface area (Å²) < 4.78 is 6.28. The van der Waals surface area contributed by atoms with E-state index in [1.807, 2.05) is 0 Å². The Kier molecular flexibility index (Phi) is 4.16. The van der Waals surface area contributed by atoms with E-state index in [-0.39, 0.29) is 17.7 Å². The van der Waals surface area contributed by atoms with Gasteiger partial charge in [0.1, 0.15) is 6.10 Å². The average Bonchev–Trinajstić information content (AvgIpc) is 2.31. The van der Waals surface area contributed by atoms with Crippen LogP contribution in [0, 0.1) is 16.0 Å². The van der Waals surface area contributed by atoms with Crippen LogP contribution >= 0.6 is 15.9 Å². The Morgan fingerprint density at radius 3 is 3.00 bits per heavy atom. The average molecular weight is 315 g/mol. The largest absolute Gasteiger partial charge is 0.469 e. The van der Waals surface area contributed by atoms with Gasteiger partial charge in [-0.15, -0.1) is 0 Å². The second-order valence-electron chi connectivity index (χ2n) is 4.75. The van der Waals surface area contributed by atoms with Crippen LogP contribution in [-0.4, -0.2) is 16.0 Å². The molecule has 1 saturated carbocycles. The molecule has 5 nitrogen and oxygen atoms in total. The molecular formula is C12H15BrN2O3. The summed E-state index contributed by atoms with van der Waals surface area (Å²) in [6.07, 6.45) is 5.76. The number of aromatic nitrogens is 1. The first-order valence-corrected chi connectivity index (χ1v) is 6.82. The number of ether oxygens (including phenoxy) is 1. The van der Waals surface area contributed by atoms with Gasteiger partial charge in [-0.1, -0.05) is 13.3 Å². The highest BCUT2D eigenvalue weighted by atomic mass is 79.9. The van der Waals surface area contributed by atoms with Crippen molar-refractivity contribution in [3.63, 3.8) is 0 Å². The Bertz CT molecular complexity index is 453. The number of nitro groups is 1. The van der Waals surface area contributed by atoms with Gasteiger partial charge in [0.15, 0.2) is 0 Å². The lowest BCUT2D eigenvalue weighted by Gasteiger charge is -2.26. The predicted octanol–water partition coefficient (Wildman–Crippen LogP) is 3.71. The first kappa shape index (κ1) is 13.3. The zero-order valence-corrected chi connectivity index (χ0v) is 11.7. The molecule has 0 N–H and O–H groups in total. The van der Waals surface area contributed by atoms with Crippen molar-refractivity contribution in [1.29, 1.82) is 0 Å². The summed E-state index contributed by atoms with van der Waals surface area (Å²) in [7, 11) is 0. The Morgan fingerprint density at radius 1 is 1.56 bits per heavy atom. The maximum absolute atomic E-state index is 10.9. The fraction of sp³-hybridized carbons (Fsp3) is 0.583. The van der Waals surface area contributed by atoms with Crippen molar-refractivity contribution < 1.29 is 9.66 Å². The van der Waals surface area contributed by atoms with E-state index in [9.17, 15) is 10.1 Å². The first-order valence-electron chi connectivity index (χ1n) is 6.03. The molecule has 0 amide bonds. The van der Waals surface area contributed by atoms with Crippen molar-refractivity contribution in [1.82, 2.24) is 4.98 Å². The molecule has 1 aromatic rings. The van der Waals surface area contributed by atoms with Crippen LogP contribution in [0.5, 0.6) is 5.88 Å². The zero-order valence-electron chi connectivity index (χ0n) is 10.1. The van der Waals surface area contributed by atoms with Gasteiger partial charge in [-0.3, -0.25) is 10.1 Å².